The Bertz CT molecular complexity index is 947. The number of carbonyl (C=O) groups excluding carboxylic acids is 2. The molecule has 4 N–H and O–H groups in total. The van der Waals surface area contributed by atoms with E-state index >= 15 is 0 Å². The molecular formula is C22H36N6O4. The van der Waals surface area contributed by atoms with E-state index in [1.54, 1.807) is 0 Å². The number of nitrogen functional groups attached to an aromatic ring is 1. The van der Waals surface area contributed by atoms with Gasteiger partial charge in [-0.15, -0.1) is 0 Å². The molecule has 2 amide bonds. The third-order valence-electron chi connectivity index (χ3n) is 6.48. The molecule has 1 aliphatic carbocycles. The van der Waals surface area contributed by atoms with Crippen molar-refractivity contribution >= 4 is 23.3 Å². The van der Waals surface area contributed by atoms with Gasteiger partial charge < -0.3 is 16.0 Å². The number of aromatic nitrogens is 2. The Morgan fingerprint density at radius 3 is 2.53 bits per heavy atom. The average Bonchev–Trinajstić information content (AvgIpc) is 3.24. The molecule has 10 nitrogen and oxygen atoms in total. The minimum Gasteiger partial charge on any atom is -0.383 e. The molecule has 32 heavy (non-hydrogen) atoms. The number of aromatic amines is 1. The predicted octanol–water partition coefficient (Wildman–Crippen LogP) is 0.651. The average molecular weight is 449 g/mol. The number of nitrogens with zero attached hydrogens (tertiary/aromatic N) is 3. The molecule has 1 aromatic rings. The molecule has 1 saturated carbocycles. The van der Waals surface area contributed by atoms with Gasteiger partial charge in [-0.1, -0.05) is 40.0 Å². The summed E-state index contributed by atoms with van der Waals surface area (Å²) in [4.78, 5) is 57.1. The largest absolute Gasteiger partial charge is 0.383 e. The van der Waals surface area contributed by atoms with Crippen LogP contribution >= 0.6 is 0 Å². The Morgan fingerprint density at radius 1 is 1.22 bits per heavy atom. The number of anilines is 2. The van der Waals surface area contributed by atoms with Crippen molar-refractivity contribution < 1.29 is 9.59 Å². The normalized spacial score (nSPS) is 20.0. The first kappa shape index (κ1) is 24.0. The summed E-state index contributed by atoms with van der Waals surface area (Å²) >= 11 is 0. The van der Waals surface area contributed by atoms with Crippen molar-refractivity contribution in [1.82, 2.24) is 19.8 Å². The summed E-state index contributed by atoms with van der Waals surface area (Å²) in [6.07, 6.45) is 5.05. The van der Waals surface area contributed by atoms with E-state index in [1.807, 2.05) is 25.7 Å². The number of hydrogen-bond donors (Lipinski definition) is 3. The van der Waals surface area contributed by atoms with Crippen LogP contribution in [0.2, 0.25) is 0 Å². The van der Waals surface area contributed by atoms with Crippen LogP contribution in [0, 0.1) is 5.92 Å². The van der Waals surface area contributed by atoms with Crippen LogP contribution in [-0.2, 0) is 16.1 Å². The van der Waals surface area contributed by atoms with Gasteiger partial charge in [0.1, 0.15) is 5.82 Å². The molecule has 1 aromatic heterocycles. The molecule has 2 aliphatic rings. The molecule has 10 heteroatoms. The highest BCUT2D eigenvalue weighted by Gasteiger charge is 2.37. The zero-order valence-electron chi connectivity index (χ0n) is 19.4. The summed E-state index contributed by atoms with van der Waals surface area (Å²) in [5.74, 6) is -0.288. The van der Waals surface area contributed by atoms with Crippen LogP contribution in [0.15, 0.2) is 9.59 Å². The van der Waals surface area contributed by atoms with Crippen molar-refractivity contribution in [1.29, 1.82) is 0 Å². The van der Waals surface area contributed by atoms with Crippen LogP contribution in [0.1, 0.15) is 59.3 Å². The second-order valence-electron chi connectivity index (χ2n) is 9.15. The fourth-order valence-electron chi connectivity index (χ4n) is 4.91. The second kappa shape index (κ2) is 10.3. The molecule has 178 valence electrons. The topological polar surface area (TPSA) is 134 Å². The first-order valence-corrected chi connectivity index (χ1v) is 11.7. The number of amides is 2. The van der Waals surface area contributed by atoms with E-state index in [1.165, 1.54) is 9.47 Å². The Hall–Kier alpha value is -2.62. The fraction of sp³-hybridized carbons (Fsp3) is 0.727. The lowest BCUT2D eigenvalue weighted by Crippen LogP contribution is -2.60. The number of nitrogens with two attached hydrogens (primary N) is 1. The number of unbranched alkanes of at least 4 members (excludes halogenated alkanes) is 1. The van der Waals surface area contributed by atoms with Crippen molar-refractivity contribution in [3.8, 4) is 0 Å². The maximum absolute atomic E-state index is 13.6. The molecule has 1 unspecified atom stereocenters. The maximum atomic E-state index is 13.6. The standard InChI is InChI=1S/C22H36N6O4/c1-4-5-11-27-19(23)18(21(31)25-22(27)32)28(15-8-6-7-9-15)16(29)13-26-12-10-24-20(30)17(26)14(2)3/h14-15,17H,4-13,23H2,1-3H3,(H,24,30)(H,25,31,32). The fourth-order valence-corrected chi connectivity index (χ4v) is 4.91. The number of rotatable bonds is 8. The quantitative estimate of drug-likeness (QED) is 0.535. The first-order chi connectivity index (χ1) is 15.3. The van der Waals surface area contributed by atoms with Gasteiger partial charge in [-0.05, 0) is 25.2 Å². The lowest BCUT2D eigenvalue weighted by Gasteiger charge is -2.38. The summed E-state index contributed by atoms with van der Waals surface area (Å²) in [7, 11) is 0. The van der Waals surface area contributed by atoms with E-state index in [4.69, 9.17) is 5.73 Å². The number of piperazine rings is 1. The first-order valence-electron chi connectivity index (χ1n) is 11.7. The number of nitrogens with one attached hydrogen (secondary N) is 2. The number of H-pyrrole nitrogens is 1. The third-order valence-corrected chi connectivity index (χ3v) is 6.48. The third kappa shape index (κ3) is 4.90. The van der Waals surface area contributed by atoms with Crippen molar-refractivity contribution in [2.45, 2.75) is 77.9 Å². The van der Waals surface area contributed by atoms with Crippen LogP contribution in [-0.4, -0.2) is 58.0 Å². The minimum absolute atomic E-state index is 0.0136. The van der Waals surface area contributed by atoms with Gasteiger partial charge in [0, 0.05) is 25.7 Å². The van der Waals surface area contributed by atoms with Gasteiger partial charge in [-0.25, -0.2) is 4.79 Å². The molecule has 3 rings (SSSR count). The summed E-state index contributed by atoms with van der Waals surface area (Å²) in [6.45, 7) is 7.33. The second-order valence-corrected chi connectivity index (χ2v) is 9.15. The van der Waals surface area contributed by atoms with E-state index in [2.05, 4.69) is 10.3 Å². The SMILES string of the molecule is CCCCn1c(N)c(N(C(=O)CN2CCNC(=O)C2C(C)C)C2CCCC2)c(=O)[nH]c1=O. The van der Waals surface area contributed by atoms with Gasteiger partial charge >= 0.3 is 5.69 Å². The van der Waals surface area contributed by atoms with Gasteiger partial charge in [0.15, 0.2) is 5.69 Å². The zero-order valence-corrected chi connectivity index (χ0v) is 19.4. The summed E-state index contributed by atoms with van der Waals surface area (Å²) < 4.78 is 1.35. The van der Waals surface area contributed by atoms with Crippen LogP contribution in [0.25, 0.3) is 0 Å². The van der Waals surface area contributed by atoms with E-state index in [0.717, 1.165) is 38.5 Å². The lowest BCUT2D eigenvalue weighted by molar-refractivity contribution is -0.132. The maximum Gasteiger partial charge on any atom is 0.330 e. The molecule has 2 fully saturated rings. The van der Waals surface area contributed by atoms with Crippen molar-refractivity contribution in [2.24, 2.45) is 5.92 Å². The predicted molar refractivity (Wildman–Crippen MR) is 124 cm³/mol. The highest BCUT2D eigenvalue weighted by Crippen LogP contribution is 2.30. The van der Waals surface area contributed by atoms with E-state index in [0.29, 0.717) is 19.6 Å². The molecule has 0 radical (unpaired) electrons. The summed E-state index contributed by atoms with van der Waals surface area (Å²) in [5.41, 5.74) is 5.19. The summed E-state index contributed by atoms with van der Waals surface area (Å²) in [6, 6.07) is -0.564. The lowest BCUT2D eigenvalue weighted by atomic mass is 9.99. The van der Waals surface area contributed by atoms with Crippen LogP contribution in [0.3, 0.4) is 0 Å². The molecule has 1 aliphatic heterocycles. The Kier molecular flexibility index (Phi) is 7.76. The van der Waals surface area contributed by atoms with Crippen LogP contribution < -0.4 is 27.2 Å². The Morgan fingerprint density at radius 2 is 1.91 bits per heavy atom. The van der Waals surface area contributed by atoms with E-state index in [-0.39, 0.29) is 41.8 Å². The molecule has 1 atom stereocenters. The molecule has 2 heterocycles. The van der Waals surface area contributed by atoms with Gasteiger partial charge in [0.05, 0.1) is 12.6 Å². The number of hydrogen-bond acceptors (Lipinski definition) is 6. The van der Waals surface area contributed by atoms with Crippen molar-refractivity contribution in [3.05, 3.63) is 20.8 Å². The van der Waals surface area contributed by atoms with Gasteiger partial charge in [0.25, 0.3) is 5.56 Å². The van der Waals surface area contributed by atoms with Gasteiger partial charge in [0.2, 0.25) is 11.8 Å². The Balaban J connectivity index is 1.99. The monoisotopic (exact) mass is 448 g/mol. The van der Waals surface area contributed by atoms with Crippen molar-refractivity contribution in [2.75, 3.05) is 30.3 Å². The highest BCUT2D eigenvalue weighted by atomic mass is 16.2. The number of carbonyl (C=O) groups is 2. The summed E-state index contributed by atoms with van der Waals surface area (Å²) in [5, 5.41) is 2.87. The Labute approximate surface area is 188 Å². The van der Waals surface area contributed by atoms with Gasteiger partial charge in [-0.2, -0.15) is 0 Å². The van der Waals surface area contributed by atoms with E-state index in [9.17, 15) is 19.2 Å². The highest BCUT2D eigenvalue weighted by molar-refractivity contribution is 5.98. The molecule has 0 spiro atoms. The van der Waals surface area contributed by atoms with Crippen LogP contribution in [0.5, 0.6) is 0 Å². The van der Waals surface area contributed by atoms with Crippen molar-refractivity contribution in [3.63, 3.8) is 0 Å². The molecular weight excluding hydrogens is 412 g/mol. The molecule has 0 aromatic carbocycles. The minimum atomic E-state index is -0.641. The zero-order chi connectivity index (χ0) is 23.4. The molecule has 1 saturated heterocycles. The van der Waals surface area contributed by atoms with Crippen LogP contribution in [0.4, 0.5) is 11.5 Å². The van der Waals surface area contributed by atoms with E-state index < -0.39 is 17.3 Å². The molecule has 0 bridgehead atoms. The van der Waals surface area contributed by atoms with Gasteiger partial charge in [-0.3, -0.25) is 28.8 Å². The smallest absolute Gasteiger partial charge is 0.330 e.